The van der Waals surface area contributed by atoms with Crippen molar-refractivity contribution in [3.8, 4) is 10.6 Å². The van der Waals surface area contributed by atoms with Crippen LogP contribution in [0.1, 0.15) is 0 Å². The number of hydrogen-bond donors (Lipinski definition) is 1. The summed E-state index contributed by atoms with van der Waals surface area (Å²) in [4.78, 5) is 9.03. The van der Waals surface area contributed by atoms with Crippen molar-refractivity contribution in [1.82, 2.24) is 9.97 Å². The number of aromatic nitrogens is 2. The summed E-state index contributed by atoms with van der Waals surface area (Å²) in [5.41, 5.74) is 6.33. The van der Waals surface area contributed by atoms with Gasteiger partial charge in [0.25, 0.3) is 0 Å². The SMILES string of the molecule is Nc1nccc(-c2cccs2)n1. The van der Waals surface area contributed by atoms with Gasteiger partial charge in [-0.05, 0) is 17.5 Å². The van der Waals surface area contributed by atoms with E-state index in [1.54, 1.807) is 17.5 Å². The largest absolute Gasteiger partial charge is 0.368 e. The number of anilines is 1. The van der Waals surface area contributed by atoms with Crippen LogP contribution in [0.15, 0.2) is 29.8 Å². The standard InChI is InChI=1S/C8H7N3S/c9-8-10-4-3-6(11-8)7-2-1-5-12-7/h1-5H,(H2,9,10,11). The minimum absolute atomic E-state index is 0.320. The van der Waals surface area contributed by atoms with Crippen LogP contribution in [0.2, 0.25) is 0 Å². The van der Waals surface area contributed by atoms with E-state index in [0.717, 1.165) is 10.6 Å². The molecule has 0 aliphatic rings. The lowest BCUT2D eigenvalue weighted by Gasteiger charge is -1.95. The molecule has 0 atom stereocenters. The van der Waals surface area contributed by atoms with Gasteiger partial charge in [-0.3, -0.25) is 0 Å². The first-order chi connectivity index (χ1) is 5.86. The van der Waals surface area contributed by atoms with Crippen molar-refractivity contribution in [2.45, 2.75) is 0 Å². The fraction of sp³-hybridized carbons (Fsp3) is 0. The summed E-state index contributed by atoms with van der Waals surface area (Å²) in [7, 11) is 0. The van der Waals surface area contributed by atoms with Crippen molar-refractivity contribution in [3.05, 3.63) is 29.8 Å². The summed E-state index contributed by atoms with van der Waals surface area (Å²) < 4.78 is 0. The fourth-order valence-electron chi connectivity index (χ4n) is 0.935. The van der Waals surface area contributed by atoms with Crippen LogP contribution >= 0.6 is 11.3 Å². The quantitative estimate of drug-likeness (QED) is 0.722. The first kappa shape index (κ1) is 7.24. The lowest BCUT2D eigenvalue weighted by atomic mass is 10.3. The minimum Gasteiger partial charge on any atom is -0.368 e. The van der Waals surface area contributed by atoms with Gasteiger partial charge in [-0.2, -0.15) is 0 Å². The molecule has 2 N–H and O–H groups in total. The monoisotopic (exact) mass is 177 g/mol. The Morgan fingerprint density at radius 2 is 2.25 bits per heavy atom. The van der Waals surface area contributed by atoms with E-state index in [9.17, 15) is 0 Å². The molecule has 0 spiro atoms. The summed E-state index contributed by atoms with van der Waals surface area (Å²) in [6.45, 7) is 0. The van der Waals surface area contributed by atoms with Crippen molar-refractivity contribution in [3.63, 3.8) is 0 Å². The van der Waals surface area contributed by atoms with Crippen molar-refractivity contribution in [1.29, 1.82) is 0 Å². The van der Waals surface area contributed by atoms with Gasteiger partial charge in [-0.1, -0.05) is 6.07 Å². The molecule has 2 rings (SSSR count). The lowest BCUT2D eigenvalue weighted by Crippen LogP contribution is -1.93. The Morgan fingerprint density at radius 3 is 2.92 bits per heavy atom. The highest BCUT2D eigenvalue weighted by Gasteiger charge is 1.99. The molecule has 0 fully saturated rings. The van der Waals surface area contributed by atoms with Crippen LogP contribution in [-0.4, -0.2) is 9.97 Å². The minimum atomic E-state index is 0.320. The number of nitrogen functional groups attached to an aromatic ring is 1. The molecule has 0 saturated carbocycles. The molecule has 0 bridgehead atoms. The Hall–Kier alpha value is -1.42. The molecule has 2 heterocycles. The number of thiophene rings is 1. The van der Waals surface area contributed by atoms with E-state index in [2.05, 4.69) is 9.97 Å². The normalized spacial score (nSPS) is 10.0. The molecule has 0 aliphatic heterocycles. The molecule has 0 radical (unpaired) electrons. The zero-order valence-corrected chi connectivity index (χ0v) is 7.08. The van der Waals surface area contributed by atoms with Crippen molar-refractivity contribution in [2.75, 3.05) is 5.73 Å². The van der Waals surface area contributed by atoms with E-state index < -0.39 is 0 Å². The summed E-state index contributed by atoms with van der Waals surface area (Å²) in [5, 5.41) is 2.01. The second-order valence-corrected chi connectivity index (χ2v) is 3.23. The molecule has 2 aromatic heterocycles. The molecule has 3 nitrogen and oxygen atoms in total. The Labute approximate surface area is 73.9 Å². The Balaban J connectivity index is 2.48. The van der Waals surface area contributed by atoms with Crippen molar-refractivity contribution in [2.24, 2.45) is 0 Å². The lowest BCUT2D eigenvalue weighted by molar-refractivity contribution is 1.19. The number of nitrogens with zero attached hydrogens (tertiary/aromatic N) is 2. The van der Waals surface area contributed by atoms with Gasteiger partial charge >= 0.3 is 0 Å². The van der Waals surface area contributed by atoms with Gasteiger partial charge in [0.1, 0.15) is 0 Å². The van der Waals surface area contributed by atoms with Crippen molar-refractivity contribution >= 4 is 17.3 Å². The summed E-state index contributed by atoms with van der Waals surface area (Å²) in [6, 6.07) is 5.84. The predicted octanol–water partition coefficient (Wildman–Crippen LogP) is 1.79. The van der Waals surface area contributed by atoms with Gasteiger partial charge in [-0.25, -0.2) is 9.97 Å². The highest BCUT2D eigenvalue weighted by molar-refractivity contribution is 7.13. The van der Waals surface area contributed by atoms with Crippen LogP contribution in [0.5, 0.6) is 0 Å². The van der Waals surface area contributed by atoms with E-state index in [1.807, 2.05) is 23.6 Å². The van der Waals surface area contributed by atoms with Crippen molar-refractivity contribution < 1.29 is 0 Å². The molecule has 0 aromatic carbocycles. The zero-order valence-electron chi connectivity index (χ0n) is 6.27. The van der Waals surface area contributed by atoms with Crippen LogP contribution in [0.3, 0.4) is 0 Å². The maximum absolute atomic E-state index is 5.45. The maximum atomic E-state index is 5.45. The van der Waals surface area contributed by atoms with Gasteiger partial charge < -0.3 is 5.73 Å². The van der Waals surface area contributed by atoms with Crippen LogP contribution in [0, 0.1) is 0 Å². The summed E-state index contributed by atoms with van der Waals surface area (Å²) in [5.74, 6) is 0.320. The highest BCUT2D eigenvalue weighted by Crippen LogP contribution is 2.21. The molecule has 0 saturated heterocycles. The predicted molar refractivity (Wildman–Crippen MR) is 49.8 cm³/mol. The molecule has 60 valence electrons. The second-order valence-electron chi connectivity index (χ2n) is 2.28. The Kier molecular flexibility index (Phi) is 1.75. The third-order valence-corrected chi connectivity index (χ3v) is 2.34. The first-order valence-corrected chi connectivity index (χ1v) is 4.36. The smallest absolute Gasteiger partial charge is 0.220 e. The zero-order chi connectivity index (χ0) is 8.39. The number of hydrogen-bond acceptors (Lipinski definition) is 4. The topological polar surface area (TPSA) is 51.8 Å². The van der Waals surface area contributed by atoms with E-state index in [-0.39, 0.29) is 0 Å². The average Bonchev–Trinajstić information content (AvgIpc) is 2.56. The van der Waals surface area contributed by atoms with E-state index in [4.69, 9.17) is 5.73 Å². The molecule has 0 amide bonds. The Morgan fingerprint density at radius 1 is 1.33 bits per heavy atom. The molecular weight excluding hydrogens is 170 g/mol. The maximum Gasteiger partial charge on any atom is 0.220 e. The average molecular weight is 177 g/mol. The molecule has 4 heteroatoms. The van der Waals surface area contributed by atoms with Crippen LogP contribution in [0.25, 0.3) is 10.6 Å². The number of rotatable bonds is 1. The molecule has 0 unspecified atom stereocenters. The first-order valence-electron chi connectivity index (χ1n) is 3.48. The van der Waals surface area contributed by atoms with Gasteiger partial charge in [-0.15, -0.1) is 11.3 Å². The third-order valence-electron chi connectivity index (χ3n) is 1.45. The van der Waals surface area contributed by atoms with E-state index >= 15 is 0 Å². The van der Waals surface area contributed by atoms with E-state index in [1.165, 1.54) is 0 Å². The van der Waals surface area contributed by atoms with Gasteiger partial charge in [0.15, 0.2) is 0 Å². The van der Waals surface area contributed by atoms with Gasteiger partial charge in [0.2, 0.25) is 5.95 Å². The summed E-state index contributed by atoms with van der Waals surface area (Å²) in [6.07, 6.45) is 1.66. The van der Waals surface area contributed by atoms with Crippen LogP contribution < -0.4 is 5.73 Å². The van der Waals surface area contributed by atoms with E-state index in [0.29, 0.717) is 5.95 Å². The molecular formula is C8H7N3S. The number of nitrogens with two attached hydrogens (primary N) is 1. The second kappa shape index (κ2) is 2.91. The molecule has 0 aliphatic carbocycles. The van der Waals surface area contributed by atoms with Gasteiger partial charge in [0.05, 0.1) is 10.6 Å². The van der Waals surface area contributed by atoms with Crippen LogP contribution in [0.4, 0.5) is 5.95 Å². The fourth-order valence-corrected chi connectivity index (χ4v) is 1.63. The highest BCUT2D eigenvalue weighted by atomic mass is 32.1. The van der Waals surface area contributed by atoms with Gasteiger partial charge in [0, 0.05) is 6.20 Å². The van der Waals surface area contributed by atoms with Crippen LogP contribution in [-0.2, 0) is 0 Å². The molecule has 2 aromatic rings. The Bertz CT molecular complexity index is 370. The molecule has 12 heavy (non-hydrogen) atoms. The summed E-state index contributed by atoms with van der Waals surface area (Å²) >= 11 is 1.64. The third kappa shape index (κ3) is 1.29.